The van der Waals surface area contributed by atoms with Gasteiger partial charge in [-0.15, -0.1) is 0 Å². The molecule has 0 saturated carbocycles. The van der Waals surface area contributed by atoms with Crippen LogP contribution in [0.1, 0.15) is 33.3 Å². The highest BCUT2D eigenvalue weighted by molar-refractivity contribution is 5.93. The Morgan fingerprint density at radius 1 is 1.00 bits per heavy atom. The van der Waals surface area contributed by atoms with Crippen LogP contribution in [0.15, 0.2) is 48.7 Å². The molecule has 0 aliphatic rings. The molecule has 200 valence electrons. The van der Waals surface area contributed by atoms with Crippen LogP contribution in [-0.4, -0.2) is 44.8 Å². The minimum absolute atomic E-state index is 0.111. The van der Waals surface area contributed by atoms with E-state index in [4.69, 9.17) is 9.47 Å². The molecule has 12 heteroatoms. The van der Waals surface area contributed by atoms with Gasteiger partial charge in [-0.25, -0.2) is 9.97 Å². The lowest BCUT2D eigenvalue weighted by Crippen LogP contribution is -2.43. The number of anilines is 2. The molecule has 0 saturated heterocycles. The third-order valence-corrected chi connectivity index (χ3v) is 5.14. The average molecular weight is 529 g/mol. The van der Waals surface area contributed by atoms with Crippen molar-refractivity contribution in [2.45, 2.75) is 39.4 Å². The van der Waals surface area contributed by atoms with Crippen LogP contribution in [-0.2, 0) is 11.0 Å². The molecule has 0 radical (unpaired) electrons. The van der Waals surface area contributed by atoms with Crippen molar-refractivity contribution in [3.05, 3.63) is 54.2 Å². The van der Waals surface area contributed by atoms with E-state index in [2.05, 4.69) is 30.8 Å². The van der Waals surface area contributed by atoms with E-state index in [0.29, 0.717) is 34.6 Å². The predicted octanol–water partition coefficient (Wildman–Crippen LogP) is 5.47. The fraction of sp³-hybridized carbons (Fsp3) is 0.308. The van der Waals surface area contributed by atoms with E-state index in [9.17, 15) is 18.0 Å². The van der Waals surface area contributed by atoms with Crippen LogP contribution in [0.5, 0.6) is 11.5 Å². The Morgan fingerprint density at radius 2 is 1.76 bits per heavy atom. The number of alkyl halides is 3. The second-order valence-electron chi connectivity index (χ2n) is 9.39. The predicted molar refractivity (Wildman–Crippen MR) is 136 cm³/mol. The number of halogens is 3. The van der Waals surface area contributed by atoms with E-state index in [-0.39, 0.29) is 24.2 Å². The number of H-pyrrole nitrogens is 1. The molecule has 0 bridgehead atoms. The smallest absolute Gasteiger partial charge is 0.421 e. The van der Waals surface area contributed by atoms with Crippen molar-refractivity contribution >= 4 is 28.4 Å². The molecule has 4 aromatic rings. The fourth-order valence-electron chi connectivity index (χ4n) is 3.63. The van der Waals surface area contributed by atoms with Gasteiger partial charge in [-0.2, -0.15) is 18.3 Å². The molecule has 2 heterocycles. The van der Waals surface area contributed by atoms with E-state index >= 15 is 0 Å². The van der Waals surface area contributed by atoms with Gasteiger partial charge in [-0.1, -0.05) is 12.1 Å². The van der Waals surface area contributed by atoms with Crippen LogP contribution in [0.4, 0.5) is 24.8 Å². The monoisotopic (exact) mass is 528 g/mol. The molecule has 4 rings (SSSR count). The Balaban J connectivity index is 1.71. The summed E-state index contributed by atoms with van der Waals surface area (Å²) >= 11 is 0. The largest absolute Gasteiger partial charge is 0.494 e. The molecular formula is C26H27F3N6O3. The maximum absolute atomic E-state index is 13.5. The molecule has 0 fully saturated rings. The number of rotatable bonds is 8. The fourth-order valence-corrected chi connectivity index (χ4v) is 3.63. The minimum atomic E-state index is -4.62. The van der Waals surface area contributed by atoms with Gasteiger partial charge in [0.2, 0.25) is 0 Å². The number of ether oxygens (including phenoxy) is 2. The average Bonchev–Trinajstić information content (AvgIpc) is 3.31. The molecule has 0 spiro atoms. The summed E-state index contributed by atoms with van der Waals surface area (Å²) in [6, 6.07) is 11.8. The van der Waals surface area contributed by atoms with Gasteiger partial charge in [-0.3, -0.25) is 9.89 Å². The van der Waals surface area contributed by atoms with Gasteiger partial charge in [0.1, 0.15) is 22.9 Å². The van der Waals surface area contributed by atoms with Crippen LogP contribution in [0, 0.1) is 0 Å². The summed E-state index contributed by atoms with van der Waals surface area (Å²) < 4.78 is 51.6. The zero-order chi connectivity index (χ0) is 27.5. The summed E-state index contributed by atoms with van der Waals surface area (Å²) in [5, 5.41) is 11.9. The van der Waals surface area contributed by atoms with Crippen LogP contribution in [0.2, 0.25) is 0 Å². The number of hydrogen-bond donors (Lipinski definition) is 3. The molecule has 2 aromatic carbocycles. The first-order valence-corrected chi connectivity index (χ1v) is 11.8. The Hall–Kier alpha value is -4.35. The van der Waals surface area contributed by atoms with Gasteiger partial charge in [-0.05, 0) is 58.0 Å². The van der Waals surface area contributed by atoms with Crippen molar-refractivity contribution in [1.29, 1.82) is 0 Å². The van der Waals surface area contributed by atoms with Crippen molar-refractivity contribution in [3.63, 3.8) is 0 Å². The summed E-state index contributed by atoms with van der Waals surface area (Å²) in [6.07, 6.45) is -3.85. The lowest BCUT2D eigenvalue weighted by Gasteiger charge is -2.20. The lowest BCUT2D eigenvalue weighted by molar-refractivity contribution is -0.137. The Bertz CT molecular complexity index is 1450. The molecule has 9 nitrogen and oxygen atoms in total. The molecule has 1 amide bonds. The highest BCUT2D eigenvalue weighted by atomic mass is 19.4. The number of amides is 1. The molecule has 0 aliphatic heterocycles. The number of nitrogens with one attached hydrogen (secondary N) is 3. The third-order valence-electron chi connectivity index (χ3n) is 5.14. The van der Waals surface area contributed by atoms with Crippen molar-refractivity contribution in [3.8, 4) is 22.9 Å². The number of benzene rings is 2. The molecule has 0 unspecified atom stereocenters. The molecule has 0 aliphatic carbocycles. The maximum atomic E-state index is 13.5. The van der Waals surface area contributed by atoms with Crippen molar-refractivity contribution in [2.75, 3.05) is 18.5 Å². The first-order valence-electron chi connectivity index (χ1n) is 11.8. The highest BCUT2D eigenvalue weighted by Gasteiger charge is 2.35. The Morgan fingerprint density at radius 3 is 2.47 bits per heavy atom. The molecule has 0 atom stereocenters. The van der Waals surface area contributed by atoms with E-state index in [1.54, 1.807) is 42.5 Å². The van der Waals surface area contributed by atoms with Gasteiger partial charge in [0.15, 0.2) is 18.2 Å². The number of hydrogen-bond acceptors (Lipinski definition) is 7. The van der Waals surface area contributed by atoms with Gasteiger partial charge >= 0.3 is 6.18 Å². The van der Waals surface area contributed by atoms with E-state index in [1.165, 1.54) is 0 Å². The third kappa shape index (κ3) is 6.50. The summed E-state index contributed by atoms with van der Waals surface area (Å²) in [4.78, 5) is 21.3. The van der Waals surface area contributed by atoms with Gasteiger partial charge in [0.05, 0.1) is 12.1 Å². The van der Waals surface area contributed by atoms with E-state index in [0.717, 1.165) is 6.20 Å². The van der Waals surface area contributed by atoms with Gasteiger partial charge in [0.25, 0.3) is 5.91 Å². The summed E-state index contributed by atoms with van der Waals surface area (Å²) in [5.74, 6) is 0.565. The second-order valence-corrected chi connectivity index (χ2v) is 9.39. The summed E-state index contributed by atoms with van der Waals surface area (Å²) in [7, 11) is 0. The van der Waals surface area contributed by atoms with Crippen LogP contribution in [0.25, 0.3) is 22.3 Å². The van der Waals surface area contributed by atoms with Crippen molar-refractivity contribution < 1.29 is 27.4 Å². The zero-order valence-electron chi connectivity index (χ0n) is 21.2. The topological polar surface area (TPSA) is 114 Å². The van der Waals surface area contributed by atoms with Gasteiger partial charge in [0, 0.05) is 22.7 Å². The van der Waals surface area contributed by atoms with Crippen LogP contribution < -0.4 is 20.1 Å². The molecule has 2 aromatic heterocycles. The summed E-state index contributed by atoms with van der Waals surface area (Å²) in [6.45, 7) is 7.64. The van der Waals surface area contributed by atoms with Crippen LogP contribution >= 0.6 is 0 Å². The minimum Gasteiger partial charge on any atom is -0.494 e. The molecule has 38 heavy (non-hydrogen) atoms. The number of fused-ring (bicyclic) bond motifs is 1. The number of aromatic amines is 1. The summed E-state index contributed by atoms with van der Waals surface area (Å²) in [5.41, 5.74) is -0.347. The first-order chi connectivity index (χ1) is 17.9. The van der Waals surface area contributed by atoms with Crippen LogP contribution in [0.3, 0.4) is 0 Å². The zero-order valence-corrected chi connectivity index (χ0v) is 21.2. The SMILES string of the molecule is CCOc1ccc2nc(-c3cccc(OCC(=O)NC(C)(C)C)c3)nc(Nc3n[nH]cc3C(F)(F)F)c2c1. The maximum Gasteiger partial charge on any atom is 0.421 e. The quantitative estimate of drug-likeness (QED) is 0.278. The van der Waals surface area contributed by atoms with E-state index < -0.39 is 23.1 Å². The standard InChI is InChI=1S/C26H27F3N6O3/c1-5-37-17-9-10-20-18(12-17)23(33-24-19(13-30-35-24)26(27,28)29)32-22(31-20)15-7-6-8-16(11-15)38-14-21(36)34-25(2,3)4/h6-13H,5,14H2,1-4H3,(H,34,36)(H2,30,31,32,33,35). The number of carbonyl (C=O) groups excluding carboxylic acids is 1. The molecular weight excluding hydrogens is 501 g/mol. The Kier molecular flexibility index (Phi) is 7.42. The van der Waals surface area contributed by atoms with Gasteiger partial charge < -0.3 is 20.1 Å². The lowest BCUT2D eigenvalue weighted by atomic mass is 10.1. The van der Waals surface area contributed by atoms with Crippen molar-refractivity contribution in [1.82, 2.24) is 25.5 Å². The molecule has 3 N–H and O–H groups in total. The normalized spacial score (nSPS) is 11.9. The van der Waals surface area contributed by atoms with E-state index in [1.807, 2.05) is 27.7 Å². The second kappa shape index (κ2) is 10.6. The Labute approximate surface area is 216 Å². The first kappa shape index (κ1) is 26.7. The number of carbonyl (C=O) groups is 1. The number of nitrogens with zero attached hydrogens (tertiary/aromatic N) is 3. The highest BCUT2D eigenvalue weighted by Crippen LogP contribution is 2.36. The van der Waals surface area contributed by atoms with Crippen molar-refractivity contribution in [2.24, 2.45) is 0 Å². The number of aromatic nitrogens is 4.